The van der Waals surface area contributed by atoms with E-state index in [2.05, 4.69) is 72.8 Å². The first-order chi connectivity index (χ1) is 15.7. The number of benzene rings is 4. The Balaban J connectivity index is 2.15. The molecule has 4 aromatic carbocycles. The molecule has 0 amide bonds. The van der Waals surface area contributed by atoms with Gasteiger partial charge in [0.25, 0.3) is 0 Å². The predicted molar refractivity (Wildman–Crippen MR) is 132 cm³/mol. The van der Waals surface area contributed by atoms with Crippen molar-refractivity contribution in [3.8, 4) is 5.75 Å². The van der Waals surface area contributed by atoms with Crippen LogP contribution in [0.2, 0.25) is 0 Å². The van der Waals surface area contributed by atoms with E-state index < -0.39 is 19.2 Å². The monoisotopic (exact) mass is 484 g/mol. The third-order valence-electron chi connectivity index (χ3n) is 6.10. The molecule has 0 radical (unpaired) electrons. The number of rotatable bonds is 8. The summed E-state index contributed by atoms with van der Waals surface area (Å²) in [6, 6.07) is 39.3. The van der Waals surface area contributed by atoms with Crippen molar-refractivity contribution in [3.05, 3.63) is 121 Å². The first-order valence-corrected chi connectivity index (χ1v) is 15.0. The van der Waals surface area contributed by atoms with Crippen LogP contribution in [0.25, 0.3) is 0 Å². The molecule has 3 nitrogen and oxygen atoms in total. The minimum absolute atomic E-state index is 0.0268. The summed E-state index contributed by atoms with van der Waals surface area (Å²) >= 11 is -3.61. The fourth-order valence-corrected chi connectivity index (χ4v) is 16.5. The van der Waals surface area contributed by atoms with Crippen LogP contribution in [0.15, 0.2) is 115 Å². The Bertz CT molecular complexity index is 1060. The molecule has 0 heterocycles. The van der Waals surface area contributed by atoms with Crippen molar-refractivity contribution in [3.63, 3.8) is 0 Å². The van der Waals surface area contributed by atoms with Crippen molar-refractivity contribution in [2.75, 3.05) is 7.11 Å². The predicted octanol–water partition coefficient (Wildman–Crippen LogP) is 3.96. The van der Waals surface area contributed by atoms with Gasteiger partial charge in [0, 0.05) is 0 Å². The molecule has 0 saturated carbocycles. The second kappa shape index (κ2) is 9.88. The first-order valence-electron chi connectivity index (χ1n) is 10.7. The molecule has 0 fully saturated rings. The van der Waals surface area contributed by atoms with Crippen LogP contribution in [0.1, 0.15) is 16.7 Å². The molecule has 0 bridgehead atoms. The molecule has 0 aliphatic carbocycles. The van der Waals surface area contributed by atoms with E-state index in [9.17, 15) is 9.90 Å². The van der Waals surface area contributed by atoms with Crippen molar-refractivity contribution in [1.82, 2.24) is 0 Å². The van der Waals surface area contributed by atoms with Gasteiger partial charge in [-0.25, -0.2) is 0 Å². The number of ether oxygens (including phenoxy) is 1. The summed E-state index contributed by atoms with van der Waals surface area (Å²) < 4.78 is 9.19. The molecule has 32 heavy (non-hydrogen) atoms. The van der Waals surface area contributed by atoms with Crippen molar-refractivity contribution < 1.29 is 14.6 Å². The number of carbonyl (C=O) groups is 1. The Labute approximate surface area is 191 Å². The van der Waals surface area contributed by atoms with Gasteiger partial charge < -0.3 is 0 Å². The minimum atomic E-state index is -3.61. The molecule has 4 aromatic rings. The van der Waals surface area contributed by atoms with E-state index in [0.717, 1.165) is 11.3 Å². The van der Waals surface area contributed by atoms with Crippen LogP contribution < -0.4 is 17.9 Å². The average Bonchev–Trinajstić information content (AvgIpc) is 2.85. The van der Waals surface area contributed by atoms with Gasteiger partial charge in [-0.1, -0.05) is 0 Å². The molecule has 0 saturated heterocycles. The van der Waals surface area contributed by atoms with E-state index in [1.807, 2.05) is 42.5 Å². The molecule has 1 unspecified atom stereocenters. The van der Waals surface area contributed by atoms with Gasteiger partial charge in [0.2, 0.25) is 0 Å². The number of aliphatic carboxylic acids is 1. The fourth-order valence-electron chi connectivity index (χ4n) is 4.83. The van der Waals surface area contributed by atoms with E-state index in [1.54, 1.807) is 7.11 Å². The first kappa shape index (κ1) is 21.9. The summed E-state index contributed by atoms with van der Waals surface area (Å²) in [6.07, 6.45) is 0.0268. The van der Waals surface area contributed by atoms with Crippen LogP contribution in [0, 0.1) is 0 Å². The van der Waals surface area contributed by atoms with Crippen LogP contribution in [-0.4, -0.2) is 31.5 Å². The van der Waals surface area contributed by atoms with Gasteiger partial charge >= 0.3 is 192 Å². The number of hydrogen-bond donors (Lipinski definition) is 1. The third-order valence-corrected chi connectivity index (χ3v) is 17.2. The number of para-hydroxylation sites is 1. The Hall–Kier alpha value is -3.31. The summed E-state index contributed by atoms with van der Waals surface area (Å²) in [5.41, 5.74) is 0.953. The van der Waals surface area contributed by atoms with Crippen molar-refractivity contribution in [1.29, 1.82) is 0 Å². The Kier molecular flexibility index (Phi) is 6.76. The Morgan fingerprint density at radius 1 is 0.719 bits per heavy atom. The zero-order valence-corrected chi connectivity index (χ0v) is 20.1. The van der Waals surface area contributed by atoms with E-state index >= 15 is 0 Å². The van der Waals surface area contributed by atoms with Crippen LogP contribution in [0.4, 0.5) is 0 Å². The second-order valence-corrected chi connectivity index (χ2v) is 16.3. The molecule has 1 N–H and O–H groups in total. The van der Waals surface area contributed by atoms with Gasteiger partial charge in [0.15, 0.2) is 0 Å². The van der Waals surface area contributed by atoms with Crippen LogP contribution >= 0.6 is 0 Å². The summed E-state index contributed by atoms with van der Waals surface area (Å²) in [6.45, 7) is 0. The average molecular weight is 483 g/mol. The summed E-state index contributed by atoms with van der Waals surface area (Å²) in [7, 11) is 1.65. The SMILES string of the molecule is COc1ccccc1[CH](CC(=O)O)[Ge]([c]1ccccc1)([c]1ccccc1)[c]1ccccc1. The van der Waals surface area contributed by atoms with E-state index in [1.165, 1.54) is 13.2 Å². The molecule has 4 heteroatoms. The quantitative estimate of drug-likeness (QED) is 0.386. The number of carboxylic acids is 1. The zero-order valence-electron chi connectivity index (χ0n) is 18.0. The molecular formula is C28H26GeO3. The van der Waals surface area contributed by atoms with Crippen LogP contribution in [0.3, 0.4) is 0 Å². The molecule has 1 atom stereocenters. The summed E-state index contributed by atoms with van der Waals surface area (Å²) in [5, 5.41) is 10.1. The van der Waals surface area contributed by atoms with E-state index in [-0.39, 0.29) is 11.2 Å². The van der Waals surface area contributed by atoms with Crippen molar-refractivity contribution in [2.45, 2.75) is 11.2 Å². The Morgan fingerprint density at radius 2 is 1.12 bits per heavy atom. The molecule has 0 aromatic heterocycles. The number of carboxylic acid groups (broad SMARTS) is 1. The van der Waals surface area contributed by atoms with Gasteiger partial charge in [-0.3, -0.25) is 0 Å². The summed E-state index contributed by atoms with van der Waals surface area (Å²) in [4.78, 5) is 12.3. The van der Waals surface area contributed by atoms with Crippen LogP contribution in [0.5, 0.6) is 5.75 Å². The molecule has 0 spiro atoms. The second-order valence-electron chi connectivity index (χ2n) is 7.80. The van der Waals surface area contributed by atoms with E-state index in [4.69, 9.17) is 4.74 Å². The van der Waals surface area contributed by atoms with Crippen molar-refractivity contribution >= 4 is 32.4 Å². The third kappa shape index (κ3) is 4.08. The standard InChI is InChI=1S/C28H26GeO3/c1-32-27-20-12-11-19-25(27)26(21-28(30)31)29(22-13-5-2-6-14-22,23-15-7-3-8-16-23)24-17-9-4-10-18-24/h2-20,26H,21H2,1H3,(H,30,31). The normalized spacial score (nSPS) is 12.2. The van der Waals surface area contributed by atoms with E-state index in [0.29, 0.717) is 0 Å². The molecule has 4 rings (SSSR count). The van der Waals surface area contributed by atoms with Gasteiger partial charge in [-0.05, 0) is 0 Å². The van der Waals surface area contributed by atoms with Gasteiger partial charge in [0.05, 0.1) is 0 Å². The van der Waals surface area contributed by atoms with Gasteiger partial charge in [-0.2, -0.15) is 0 Å². The molecule has 0 aliphatic rings. The Morgan fingerprint density at radius 3 is 1.53 bits per heavy atom. The zero-order chi connectivity index (χ0) is 22.4. The molecular weight excluding hydrogens is 457 g/mol. The fraction of sp³-hybridized carbons (Fsp3) is 0.107. The number of methoxy groups -OCH3 is 1. The topological polar surface area (TPSA) is 46.5 Å². The van der Waals surface area contributed by atoms with Gasteiger partial charge in [-0.15, -0.1) is 0 Å². The van der Waals surface area contributed by atoms with Gasteiger partial charge in [0.1, 0.15) is 0 Å². The summed E-state index contributed by atoms with van der Waals surface area (Å²) in [5.74, 6) is -0.0738. The molecule has 160 valence electrons. The maximum atomic E-state index is 12.3. The maximum absolute atomic E-state index is 12.3. The number of hydrogen-bond acceptors (Lipinski definition) is 2. The van der Waals surface area contributed by atoms with Crippen molar-refractivity contribution in [2.24, 2.45) is 0 Å². The van der Waals surface area contributed by atoms with Crippen LogP contribution in [-0.2, 0) is 4.79 Å². The molecule has 0 aliphatic heterocycles.